The molecule has 0 aliphatic carbocycles. The molecule has 0 amide bonds. The van der Waals surface area contributed by atoms with Crippen LogP contribution in [0.25, 0.3) is 0 Å². The van der Waals surface area contributed by atoms with Crippen molar-refractivity contribution >= 4 is 0 Å². The summed E-state index contributed by atoms with van der Waals surface area (Å²) in [7, 11) is 0. The molecule has 13 heavy (non-hydrogen) atoms. The van der Waals surface area contributed by atoms with Gasteiger partial charge in [0.2, 0.25) is 0 Å². The number of nitrogens with one attached hydrogen (secondary N) is 1. The molecule has 0 unspecified atom stereocenters. The quantitative estimate of drug-likeness (QED) is 0.746. The van der Waals surface area contributed by atoms with Crippen LogP contribution in [-0.4, -0.2) is 12.6 Å². The van der Waals surface area contributed by atoms with Crippen molar-refractivity contribution < 1.29 is 4.74 Å². The Morgan fingerprint density at radius 1 is 1.38 bits per heavy atom. The Bertz CT molecular complexity index is 260. The van der Waals surface area contributed by atoms with E-state index in [1.807, 2.05) is 18.2 Å². The van der Waals surface area contributed by atoms with E-state index in [4.69, 9.17) is 4.74 Å². The molecule has 1 fully saturated rings. The smallest absolute Gasteiger partial charge is 0.134 e. The first-order valence-corrected chi connectivity index (χ1v) is 4.82. The van der Waals surface area contributed by atoms with E-state index in [2.05, 4.69) is 24.4 Å². The van der Waals surface area contributed by atoms with Crippen LogP contribution in [0.1, 0.15) is 25.1 Å². The highest BCUT2D eigenvalue weighted by molar-refractivity contribution is 5.17. The summed E-state index contributed by atoms with van der Waals surface area (Å²) in [6, 6.07) is 10.8. The van der Waals surface area contributed by atoms with E-state index in [0.717, 1.165) is 13.0 Å². The van der Waals surface area contributed by atoms with E-state index in [-0.39, 0.29) is 6.23 Å². The lowest BCUT2D eigenvalue weighted by Gasteiger charge is -2.10. The summed E-state index contributed by atoms with van der Waals surface area (Å²) < 4.78 is 5.63. The van der Waals surface area contributed by atoms with Gasteiger partial charge < -0.3 is 4.74 Å². The molecule has 1 N–H and O–H groups in total. The van der Waals surface area contributed by atoms with Crippen LogP contribution in [0.4, 0.5) is 0 Å². The van der Waals surface area contributed by atoms with Gasteiger partial charge in [-0.15, -0.1) is 0 Å². The third-order valence-corrected chi connectivity index (χ3v) is 2.45. The van der Waals surface area contributed by atoms with Crippen molar-refractivity contribution in [3.63, 3.8) is 0 Å². The highest BCUT2D eigenvalue weighted by Crippen LogP contribution is 2.20. The molecular weight excluding hydrogens is 162 g/mol. The fourth-order valence-electron chi connectivity index (χ4n) is 1.58. The first-order chi connectivity index (χ1) is 6.40. The molecule has 2 heteroatoms. The van der Waals surface area contributed by atoms with E-state index < -0.39 is 0 Å². The summed E-state index contributed by atoms with van der Waals surface area (Å²) >= 11 is 0. The van der Waals surface area contributed by atoms with Crippen LogP contribution < -0.4 is 5.32 Å². The van der Waals surface area contributed by atoms with Gasteiger partial charge >= 0.3 is 0 Å². The molecule has 2 nitrogen and oxygen atoms in total. The Morgan fingerprint density at radius 3 is 2.77 bits per heavy atom. The summed E-state index contributed by atoms with van der Waals surface area (Å²) in [5.74, 6) is 0. The molecule has 1 aromatic carbocycles. The molecule has 1 saturated heterocycles. The van der Waals surface area contributed by atoms with Crippen molar-refractivity contribution in [2.45, 2.75) is 25.6 Å². The predicted molar refractivity (Wildman–Crippen MR) is 52.3 cm³/mol. The average molecular weight is 177 g/mol. The number of hydrogen-bond donors (Lipinski definition) is 1. The fourth-order valence-corrected chi connectivity index (χ4v) is 1.58. The number of ether oxygens (including phenoxy) is 1. The molecule has 0 aromatic heterocycles. The van der Waals surface area contributed by atoms with E-state index in [1.54, 1.807) is 0 Å². The zero-order valence-corrected chi connectivity index (χ0v) is 7.86. The Labute approximate surface area is 78.9 Å². The first kappa shape index (κ1) is 8.73. The molecule has 1 aromatic rings. The Balaban J connectivity index is 2.04. The van der Waals surface area contributed by atoms with Gasteiger partial charge in [-0.2, -0.15) is 0 Å². The van der Waals surface area contributed by atoms with Crippen LogP contribution in [0.3, 0.4) is 0 Å². The molecule has 1 heterocycles. The third-order valence-electron chi connectivity index (χ3n) is 2.45. The predicted octanol–water partition coefficient (Wildman–Crippen LogP) is 2.08. The van der Waals surface area contributed by atoms with Crippen LogP contribution in [-0.2, 0) is 4.74 Å². The molecule has 0 saturated carbocycles. The van der Waals surface area contributed by atoms with Gasteiger partial charge in [0.25, 0.3) is 0 Å². The minimum absolute atomic E-state index is 0.103. The second-order valence-electron chi connectivity index (χ2n) is 3.40. The van der Waals surface area contributed by atoms with Gasteiger partial charge in [-0.3, -0.25) is 5.32 Å². The monoisotopic (exact) mass is 177 g/mol. The van der Waals surface area contributed by atoms with Crippen molar-refractivity contribution in [2.24, 2.45) is 0 Å². The maximum absolute atomic E-state index is 5.63. The van der Waals surface area contributed by atoms with Crippen LogP contribution in [0, 0.1) is 0 Å². The maximum atomic E-state index is 5.63. The van der Waals surface area contributed by atoms with E-state index in [0.29, 0.717) is 6.04 Å². The lowest BCUT2D eigenvalue weighted by molar-refractivity contribution is 0.101. The Hall–Kier alpha value is -0.860. The van der Waals surface area contributed by atoms with Gasteiger partial charge in [-0.05, 0) is 12.0 Å². The number of benzene rings is 1. The molecule has 1 aliphatic heterocycles. The second kappa shape index (κ2) is 3.90. The topological polar surface area (TPSA) is 21.3 Å². The SMILES string of the molecule is CC[C@@H]1CO[C@H](c2ccccc2)N1. The molecular formula is C11H15NO. The van der Waals surface area contributed by atoms with Crippen LogP contribution in [0.15, 0.2) is 30.3 Å². The lowest BCUT2D eigenvalue weighted by Crippen LogP contribution is -2.24. The lowest BCUT2D eigenvalue weighted by atomic mass is 10.2. The van der Waals surface area contributed by atoms with Gasteiger partial charge in [0, 0.05) is 6.04 Å². The van der Waals surface area contributed by atoms with Crippen LogP contribution in [0.2, 0.25) is 0 Å². The highest BCUT2D eigenvalue weighted by atomic mass is 16.5. The van der Waals surface area contributed by atoms with Crippen molar-refractivity contribution in [3.05, 3.63) is 35.9 Å². The molecule has 70 valence electrons. The zero-order chi connectivity index (χ0) is 9.10. The van der Waals surface area contributed by atoms with Gasteiger partial charge in [0.1, 0.15) is 6.23 Å². The van der Waals surface area contributed by atoms with Crippen LogP contribution in [0.5, 0.6) is 0 Å². The number of hydrogen-bond acceptors (Lipinski definition) is 2. The van der Waals surface area contributed by atoms with Crippen molar-refractivity contribution in [1.82, 2.24) is 5.32 Å². The molecule has 0 radical (unpaired) electrons. The zero-order valence-electron chi connectivity index (χ0n) is 7.86. The molecule has 2 rings (SSSR count). The normalized spacial score (nSPS) is 27.8. The fraction of sp³-hybridized carbons (Fsp3) is 0.455. The molecule has 2 atom stereocenters. The molecule has 0 spiro atoms. The average Bonchev–Trinajstić information content (AvgIpc) is 2.67. The van der Waals surface area contributed by atoms with Crippen molar-refractivity contribution in [2.75, 3.05) is 6.61 Å². The largest absolute Gasteiger partial charge is 0.357 e. The maximum Gasteiger partial charge on any atom is 0.134 e. The summed E-state index contributed by atoms with van der Waals surface area (Å²) in [4.78, 5) is 0. The summed E-state index contributed by atoms with van der Waals surface area (Å²) in [6.07, 6.45) is 1.23. The summed E-state index contributed by atoms with van der Waals surface area (Å²) in [5, 5.41) is 3.43. The summed E-state index contributed by atoms with van der Waals surface area (Å²) in [6.45, 7) is 3.00. The van der Waals surface area contributed by atoms with Gasteiger partial charge in [0.05, 0.1) is 6.61 Å². The third kappa shape index (κ3) is 1.90. The van der Waals surface area contributed by atoms with Gasteiger partial charge in [-0.1, -0.05) is 37.3 Å². The Kier molecular flexibility index (Phi) is 2.62. The standard InChI is InChI=1S/C11H15NO/c1-2-10-8-13-11(12-10)9-6-4-3-5-7-9/h3-7,10-12H,2,8H2,1H3/t10-,11-/m1/s1. The second-order valence-corrected chi connectivity index (χ2v) is 3.40. The minimum atomic E-state index is 0.103. The highest BCUT2D eigenvalue weighted by Gasteiger charge is 2.23. The minimum Gasteiger partial charge on any atom is -0.357 e. The number of rotatable bonds is 2. The van der Waals surface area contributed by atoms with Gasteiger partial charge in [-0.25, -0.2) is 0 Å². The van der Waals surface area contributed by atoms with Crippen molar-refractivity contribution in [1.29, 1.82) is 0 Å². The Morgan fingerprint density at radius 2 is 2.15 bits per heavy atom. The van der Waals surface area contributed by atoms with E-state index in [1.165, 1.54) is 5.56 Å². The first-order valence-electron chi connectivity index (χ1n) is 4.82. The molecule has 0 bridgehead atoms. The van der Waals surface area contributed by atoms with Gasteiger partial charge in [0.15, 0.2) is 0 Å². The van der Waals surface area contributed by atoms with Crippen LogP contribution >= 0.6 is 0 Å². The molecule has 1 aliphatic rings. The van der Waals surface area contributed by atoms with E-state index >= 15 is 0 Å². The van der Waals surface area contributed by atoms with Crippen molar-refractivity contribution in [3.8, 4) is 0 Å². The summed E-state index contributed by atoms with van der Waals surface area (Å²) in [5.41, 5.74) is 1.22. The van der Waals surface area contributed by atoms with E-state index in [9.17, 15) is 0 Å².